The molecule has 10 heteroatoms. The predicted molar refractivity (Wildman–Crippen MR) is 127 cm³/mol. The number of carbonyl (C=O) groups excluding carboxylic acids is 1. The maximum atomic E-state index is 14.3. The van der Waals surface area contributed by atoms with Gasteiger partial charge in [-0.25, -0.2) is 17.8 Å². The Balaban J connectivity index is 1.72. The van der Waals surface area contributed by atoms with E-state index < -0.39 is 20.9 Å². The smallest absolute Gasteiger partial charge is 0.266 e. The van der Waals surface area contributed by atoms with Crippen molar-refractivity contribution in [1.82, 2.24) is 14.5 Å². The van der Waals surface area contributed by atoms with Crippen LogP contribution in [-0.4, -0.2) is 58.6 Å². The first-order chi connectivity index (χ1) is 15.6. The second-order valence-corrected chi connectivity index (χ2v) is 11.8. The molecule has 4 rings (SSSR count). The number of carbonyl (C=O) groups is 1. The van der Waals surface area contributed by atoms with E-state index in [0.29, 0.717) is 28.6 Å². The topological polar surface area (TPSA) is 89.3 Å². The lowest BCUT2D eigenvalue weighted by molar-refractivity contribution is -0.130. The van der Waals surface area contributed by atoms with E-state index in [1.165, 1.54) is 15.5 Å². The number of sulfone groups is 1. The first-order valence-electron chi connectivity index (χ1n) is 10.5. The fourth-order valence-corrected chi connectivity index (χ4v) is 6.70. The van der Waals surface area contributed by atoms with Crippen molar-refractivity contribution in [3.8, 4) is 5.69 Å². The zero-order valence-electron chi connectivity index (χ0n) is 18.5. The Morgan fingerprint density at radius 1 is 1.27 bits per heavy atom. The number of hydrogen-bond acceptors (Lipinski definition) is 6. The number of nitrogens with zero attached hydrogens (tertiary/aromatic N) is 3. The van der Waals surface area contributed by atoms with Gasteiger partial charge in [0.05, 0.1) is 33.3 Å². The van der Waals surface area contributed by atoms with Gasteiger partial charge in [-0.15, -0.1) is 0 Å². The van der Waals surface area contributed by atoms with Gasteiger partial charge in [0.2, 0.25) is 5.91 Å². The molecule has 0 radical (unpaired) electrons. The maximum Gasteiger partial charge on any atom is 0.266 e. The quantitative estimate of drug-likeness (QED) is 0.404. The van der Waals surface area contributed by atoms with Gasteiger partial charge in [-0.3, -0.25) is 14.2 Å². The van der Waals surface area contributed by atoms with Crippen LogP contribution >= 0.6 is 11.8 Å². The summed E-state index contributed by atoms with van der Waals surface area (Å²) in [7, 11) is -1.53. The number of amides is 1. The van der Waals surface area contributed by atoms with Gasteiger partial charge in [-0.2, -0.15) is 0 Å². The lowest BCUT2D eigenvalue weighted by atomic mass is 10.2. The minimum Gasteiger partial charge on any atom is -0.341 e. The summed E-state index contributed by atoms with van der Waals surface area (Å²) in [4.78, 5) is 32.5. The molecule has 1 aliphatic heterocycles. The van der Waals surface area contributed by atoms with Crippen LogP contribution in [0.5, 0.6) is 0 Å². The number of fused-ring (bicyclic) bond motifs is 1. The van der Waals surface area contributed by atoms with Crippen molar-refractivity contribution < 1.29 is 17.6 Å². The summed E-state index contributed by atoms with van der Waals surface area (Å²) < 4.78 is 39.3. The Hall–Kier alpha value is -2.72. The zero-order chi connectivity index (χ0) is 23.9. The second-order valence-electron chi connectivity index (χ2n) is 8.25. The van der Waals surface area contributed by atoms with Crippen molar-refractivity contribution in [3.05, 3.63) is 64.2 Å². The summed E-state index contributed by atoms with van der Waals surface area (Å²) in [5.74, 6) is -0.684. The molecule has 1 aliphatic rings. The van der Waals surface area contributed by atoms with E-state index in [9.17, 15) is 22.4 Å². The number of aryl methyl sites for hydroxylation is 1. The highest BCUT2D eigenvalue weighted by Gasteiger charge is 2.34. The molecule has 2 heterocycles. The Morgan fingerprint density at radius 2 is 2.00 bits per heavy atom. The van der Waals surface area contributed by atoms with Crippen molar-refractivity contribution in [2.24, 2.45) is 0 Å². The summed E-state index contributed by atoms with van der Waals surface area (Å²) in [5, 5.41) is -0.00162. The van der Waals surface area contributed by atoms with Gasteiger partial charge in [-0.1, -0.05) is 30.0 Å². The van der Waals surface area contributed by atoms with Gasteiger partial charge in [0, 0.05) is 13.1 Å². The Morgan fingerprint density at radius 3 is 2.67 bits per heavy atom. The molecular formula is C23H24FN3O4S2. The predicted octanol–water partition coefficient (Wildman–Crippen LogP) is 2.96. The van der Waals surface area contributed by atoms with Gasteiger partial charge in [0.25, 0.3) is 5.56 Å². The fraction of sp³-hybridized carbons (Fsp3) is 0.348. The Bertz CT molecular complexity index is 1400. The summed E-state index contributed by atoms with van der Waals surface area (Å²) >= 11 is 1.09. The third kappa shape index (κ3) is 4.67. The van der Waals surface area contributed by atoms with E-state index in [-0.39, 0.29) is 34.2 Å². The number of halogens is 1. The average molecular weight is 490 g/mol. The summed E-state index contributed by atoms with van der Waals surface area (Å²) in [6, 6.07) is 11.0. The SMILES string of the molecule is Cc1ccc(-n2c(S[C@H](C)C(=O)N(C)[C@H]3CCS(=O)(=O)C3)nc3ccccc3c2=O)cc1F. The number of benzene rings is 2. The monoisotopic (exact) mass is 489 g/mol. The molecule has 33 heavy (non-hydrogen) atoms. The minimum absolute atomic E-state index is 0.0474. The second kappa shape index (κ2) is 8.90. The van der Waals surface area contributed by atoms with Crippen molar-refractivity contribution in [2.45, 2.75) is 36.7 Å². The molecule has 0 saturated carbocycles. The van der Waals surface area contributed by atoms with Crippen LogP contribution in [0.4, 0.5) is 4.39 Å². The van der Waals surface area contributed by atoms with Crippen molar-refractivity contribution in [2.75, 3.05) is 18.6 Å². The summed E-state index contributed by atoms with van der Waals surface area (Å²) in [6.45, 7) is 3.32. The molecule has 1 aromatic heterocycles. The number of para-hydroxylation sites is 1. The molecule has 3 aromatic rings. The van der Waals surface area contributed by atoms with Crippen molar-refractivity contribution in [3.63, 3.8) is 0 Å². The Labute approximate surface area is 195 Å². The van der Waals surface area contributed by atoms with Crippen LogP contribution < -0.4 is 5.56 Å². The average Bonchev–Trinajstić information content (AvgIpc) is 3.14. The molecule has 0 unspecified atom stereocenters. The highest BCUT2D eigenvalue weighted by molar-refractivity contribution is 8.00. The van der Waals surface area contributed by atoms with E-state index >= 15 is 0 Å². The first kappa shape index (κ1) is 23.4. The van der Waals surface area contributed by atoms with E-state index in [1.807, 2.05) is 0 Å². The van der Waals surface area contributed by atoms with Crippen LogP contribution in [0.25, 0.3) is 16.6 Å². The van der Waals surface area contributed by atoms with Crippen LogP contribution in [0.2, 0.25) is 0 Å². The third-order valence-corrected chi connectivity index (χ3v) is 8.68. The standard InChI is InChI=1S/C23H24FN3O4S2/c1-14-8-9-16(12-19(14)24)27-22(29)18-6-4-5-7-20(18)25-23(27)32-15(2)21(28)26(3)17-10-11-33(30,31)13-17/h4-9,12,15,17H,10-11,13H2,1-3H3/t15-,17+/m1/s1. The normalized spacial score (nSPS) is 18.4. The van der Waals surface area contributed by atoms with Gasteiger partial charge in [0.15, 0.2) is 15.0 Å². The molecule has 1 saturated heterocycles. The molecule has 0 bridgehead atoms. The lowest BCUT2D eigenvalue weighted by Gasteiger charge is -2.26. The van der Waals surface area contributed by atoms with E-state index in [0.717, 1.165) is 11.8 Å². The molecule has 0 N–H and O–H groups in total. The van der Waals surface area contributed by atoms with Gasteiger partial charge in [-0.05, 0) is 50.1 Å². The van der Waals surface area contributed by atoms with Crippen molar-refractivity contribution in [1.29, 1.82) is 0 Å². The lowest BCUT2D eigenvalue weighted by Crippen LogP contribution is -2.42. The molecule has 0 aliphatic carbocycles. The molecule has 1 amide bonds. The highest BCUT2D eigenvalue weighted by Crippen LogP contribution is 2.28. The van der Waals surface area contributed by atoms with Crippen molar-refractivity contribution >= 4 is 38.4 Å². The van der Waals surface area contributed by atoms with Crippen LogP contribution in [0, 0.1) is 12.7 Å². The molecule has 174 valence electrons. The molecular weight excluding hydrogens is 465 g/mol. The van der Waals surface area contributed by atoms with Gasteiger partial charge < -0.3 is 4.90 Å². The number of aromatic nitrogens is 2. The zero-order valence-corrected chi connectivity index (χ0v) is 20.1. The molecule has 2 atom stereocenters. The van der Waals surface area contributed by atoms with Gasteiger partial charge in [0.1, 0.15) is 5.82 Å². The largest absolute Gasteiger partial charge is 0.341 e. The van der Waals surface area contributed by atoms with E-state index in [2.05, 4.69) is 4.98 Å². The van der Waals surface area contributed by atoms with Crippen LogP contribution in [0.3, 0.4) is 0 Å². The van der Waals surface area contributed by atoms with E-state index in [4.69, 9.17) is 0 Å². The number of hydrogen-bond donors (Lipinski definition) is 0. The molecule has 7 nitrogen and oxygen atoms in total. The van der Waals surface area contributed by atoms with Crippen LogP contribution in [0.15, 0.2) is 52.4 Å². The maximum absolute atomic E-state index is 14.3. The molecule has 0 spiro atoms. The Kier molecular flexibility index (Phi) is 6.32. The van der Waals surface area contributed by atoms with Crippen LogP contribution in [0.1, 0.15) is 18.9 Å². The first-order valence-corrected chi connectivity index (χ1v) is 13.2. The summed E-state index contributed by atoms with van der Waals surface area (Å²) in [5.41, 5.74) is 0.884. The van der Waals surface area contributed by atoms with Crippen LogP contribution in [-0.2, 0) is 14.6 Å². The number of thioether (sulfide) groups is 1. The highest BCUT2D eigenvalue weighted by atomic mass is 32.2. The fourth-order valence-electron chi connectivity index (χ4n) is 3.90. The minimum atomic E-state index is -3.13. The third-order valence-electron chi connectivity index (χ3n) is 5.89. The molecule has 2 aromatic carbocycles. The number of rotatable bonds is 5. The van der Waals surface area contributed by atoms with Gasteiger partial charge >= 0.3 is 0 Å². The van der Waals surface area contributed by atoms with E-state index in [1.54, 1.807) is 57.3 Å². The summed E-state index contributed by atoms with van der Waals surface area (Å²) in [6.07, 6.45) is 0.406. The molecule has 1 fully saturated rings.